The Balaban J connectivity index is 1.75. The second-order valence-electron chi connectivity index (χ2n) is 6.57. The first-order chi connectivity index (χ1) is 8.37. The standard InChI is InChI=1S/C14H19NO3/c1-14(2,3)18-13(17)15-7-10-8-4-5-9(6-8)11(10)12(15)16/h4-5,8-11H,6-7H2,1-3H3. The number of amides is 2. The number of fused-ring (bicyclic) bond motifs is 5. The SMILES string of the molecule is CC(C)(C)OC(=O)N1CC2C3C=CC(C3)C2C1=O. The van der Waals surface area contributed by atoms with Gasteiger partial charge in [0.05, 0.1) is 5.92 Å². The van der Waals surface area contributed by atoms with E-state index in [0.717, 1.165) is 6.42 Å². The molecule has 1 heterocycles. The topological polar surface area (TPSA) is 46.6 Å². The molecular weight excluding hydrogens is 230 g/mol. The molecule has 1 aliphatic heterocycles. The van der Waals surface area contributed by atoms with Crippen LogP contribution in [0.4, 0.5) is 4.79 Å². The molecule has 1 saturated carbocycles. The van der Waals surface area contributed by atoms with Gasteiger partial charge in [-0.25, -0.2) is 9.69 Å². The number of carbonyl (C=O) groups excluding carboxylic acids is 2. The summed E-state index contributed by atoms with van der Waals surface area (Å²) in [5.74, 6) is 1.13. The molecule has 0 radical (unpaired) electrons. The molecular formula is C14H19NO3. The third-order valence-electron chi connectivity index (χ3n) is 4.18. The first kappa shape index (κ1) is 11.8. The minimum atomic E-state index is -0.549. The molecule has 4 unspecified atom stereocenters. The molecule has 4 atom stereocenters. The first-order valence-electron chi connectivity index (χ1n) is 6.59. The van der Waals surface area contributed by atoms with Crippen LogP contribution in [0, 0.1) is 23.7 Å². The fraction of sp³-hybridized carbons (Fsp3) is 0.714. The van der Waals surface area contributed by atoms with Gasteiger partial charge in [-0.05, 0) is 44.9 Å². The zero-order chi connectivity index (χ0) is 13.1. The summed E-state index contributed by atoms with van der Waals surface area (Å²) in [6.45, 7) is 5.98. The van der Waals surface area contributed by atoms with Crippen LogP contribution in [0.2, 0.25) is 0 Å². The Hall–Kier alpha value is -1.32. The van der Waals surface area contributed by atoms with Crippen LogP contribution in [0.1, 0.15) is 27.2 Å². The van der Waals surface area contributed by atoms with Crippen molar-refractivity contribution >= 4 is 12.0 Å². The molecule has 18 heavy (non-hydrogen) atoms. The van der Waals surface area contributed by atoms with Gasteiger partial charge in [0.2, 0.25) is 5.91 Å². The average Bonchev–Trinajstić information content (AvgIpc) is 2.87. The van der Waals surface area contributed by atoms with Crippen LogP contribution >= 0.6 is 0 Å². The van der Waals surface area contributed by atoms with E-state index in [4.69, 9.17) is 4.74 Å². The summed E-state index contributed by atoms with van der Waals surface area (Å²) in [6, 6.07) is 0. The lowest BCUT2D eigenvalue weighted by Crippen LogP contribution is -2.39. The highest BCUT2D eigenvalue weighted by Gasteiger charge is 2.56. The fourth-order valence-corrected chi connectivity index (χ4v) is 3.50. The highest BCUT2D eigenvalue weighted by Crippen LogP contribution is 2.51. The quantitative estimate of drug-likeness (QED) is 0.618. The third-order valence-corrected chi connectivity index (χ3v) is 4.18. The zero-order valence-electron chi connectivity index (χ0n) is 11.1. The average molecular weight is 249 g/mol. The number of imide groups is 1. The molecule has 0 spiro atoms. The summed E-state index contributed by atoms with van der Waals surface area (Å²) < 4.78 is 5.29. The monoisotopic (exact) mass is 249 g/mol. The Morgan fingerprint density at radius 1 is 1.33 bits per heavy atom. The molecule has 2 amide bonds. The van der Waals surface area contributed by atoms with Gasteiger partial charge >= 0.3 is 6.09 Å². The number of likely N-dealkylation sites (tertiary alicyclic amines) is 1. The van der Waals surface area contributed by atoms with E-state index >= 15 is 0 Å². The summed E-state index contributed by atoms with van der Waals surface area (Å²) in [5, 5.41) is 0. The van der Waals surface area contributed by atoms with Gasteiger partial charge in [0.1, 0.15) is 5.60 Å². The predicted molar refractivity (Wildman–Crippen MR) is 65.7 cm³/mol. The van der Waals surface area contributed by atoms with Crippen LogP contribution in [0.5, 0.6) is 0 Å². The van der Waals surface area contributed by atoms with Gasteiger partial charge in [-0.3, -0.25) is 4.79 Å². The number of hydrogen-bond donors (Lipinski definition) is 0. The smallest absolute Gasteiger partial charge is 0.417 e. The van der Waals surface area contributed by atoms with E-state index in [-0.39, 0.29) is 11.8 Å². The fourth-order valence-electron chi connectivity index (χ4n) is 3.50. The molecule has 4 nitrogen and oxygen atoms in total. The number of allylic oxidation sites excluding steroid dienone is 2. The zero-order valence-corrected chi connectivity index (χ0v) is 11.1. The van der Waals surface area contributed by atoms with Crippen molar-refractivity contribution in [2.24, 2.45) is 23.7 Å². The molecule has 0 aromatic heterocycles. The Labute approximate surface area is 107 Å². The molecule has 2 aliphatic carbocycles. The minimum absolute atomic E-state index is 0.0209. The molecule has 2 fully saturated rings. The lowest BCUT2D eigenvalue weighted by Gasteiger charge is -2.24. The summed E-state index contributed by atoms with van der Waals surface area (Å²) in [5.41, 5.74) is -0.549. The number of nitrogens with zero attached hydrogens (tertiary/aromatic N) is 1. The van der Waals surface area contributed by atoms with E-state index in [0.29, 0.717) is 24.3 Å². The molecule has 0 aromatic rings. The van der Waals surface area contributed by atoms with Crippen molar-refractivity contribution in [1.82, 2.24) is 4.90 Å². The van der Waals surface area contributed by atoms with E-state index in [1.54, 1.807) is 0 Å². The van der Waals surface area contributed by atoms with E-state index < -0.39 is 11.7 Å². The van der Waals surface area contributed by atoms with Crippen LogP contribution in [-0.4, -0.2) is 29.0 Å². The molecule has 3 aliphatic rings. The summed E-state index contributed by atoms with van der Waals surface area (Å²) in [7, 11) is 0. The maximum atomic E-state index is 12.3. The highest BCUT2D eigenvalue weighted by atomic mass is 16.6. The first-order valence-corrected chi connectivity index (χ1v) is 6.59. The van der Waals surface area contributed by atoms with Gasteiger partial charge in [0, 0.05) is 6.54 Å². The Kier molecular flexibility index (Phi) is 2.34. The Morgan fingerprint density at radius 3 is 2.61 bits per heavy atom. The van der Waals surface area contributed by atoms with Crippen molar-refractivity contribution in [3.63, 3.8) is 0 Å². The predicted octanol–water partition coefficient (Wildman–Crippen LogP) is 2.20. The van der Waals surface area contributed by atoms with Gasteiger partial charge in [0.25, 0.3) is 0 Å². The van der Waals surface area contributed by atoms with Gasteiger partial charge < -0.3 is 4.74 Å². The van der Waals surface area contributed by atoms with Crippen molar-refractivity contribution in [3.8, 4) is 0 Å². The molecule has 98 valence electrons. The highest BCUT2D eigenvalue weighted by molar-refractivity contribution is 5.96. The number of hydrogen-bond acceptors (Lipinski definition) is 3. The van der Waals surface area contributed by atoms with Crippen LogP contribution in [0.25, 0.3) is 0 Å². The minimum Gasteiger partial charge on any atom is -0.443 e. The maximum Gasteiger partial charge on any atom is 0.417 e. The van der Waals surface area contributed by atoms with E-state index in [1.165, 1.54) is 4.90 Å². The van der Waals surface area contributed by atoms with Crippen LogP contribution < -0.4 is 0 Å². The largest absolute Gasteiger partial charge is 0.443 e. The van der Waals surface area contributed by atoms with E-state index in [1.807, 2.05) is 20.8 Å². The summed E-state index contributed by atoms with van der Waals surface area (Å²) >= 11 is 0. The third kappa shape index (κ3) is 1.66. The number of ether oxygens (including phenoxy) is 1. The number of rotatable bonds is 0. The van der Waals surface area contributed by atoms with Crippen molar-refractivity contribution < 1.29 is 14.3 Å². The van der Waals surface area contributed by atoms with Gasteiger partial charge in [-0.2, -0.15) is 0 Å². The van der Waals surface area contributed by atoms with Crippen molar-refractivity contribution in [3.05, 3.63) is 12.2 Å². The van der Waals surface area contributed by atoms with E-state index in [9.17, 15) is 9.59 Å². The molecule has 0 N–H and O–H groups in total. The molecule has 2 bridgehead atoms. The summed E-state index contributed by atoms with van der Waals surface area (Å²) in [6.07, 6.45) is 4.95. The van der Waals surface area contributed by atoms with Crippen LogP contribution in [0.3, 0.4) is 0 Å². The van der Waals surface area contributed by atoms with E-state index in [2.05, 4.69) is 12.2 Å². The van der Waals surface area contributed by atoms with Gasteiger partial charge in [-0.1, -0.05) is 12.2 Å². The summed E-state index contributed by atoms with van der Waals surface area (Å²) in [4.78, 5) is 25.6. The van der Waals surface area contributed by atoms with Crippen LogP contribution in [-0.2, 0) is 9.53 Å². The Bertz CT molecular complexity index is 435. The van der Waals surface area contributed by atoms with Gasteiger partial charge in [-0.15, -0.1) is 0 Å². The normalized spacial score (nSPS) is 37.3. The Morgan fingerprint density at radius 2 is 2.00 bits per heavy atom. The second-order valence-corrected chi connectivity index (χ2v) is 6.57. The number of carbonyl (C=O) groups is 2. The molecule has 3 rings (SSSR count). The lowest BCUT2D eigenvalue weighted by molar-refractivity contribution is -0.131. The van der Waals surface area contributed by atoms with Crippen LogP contribution in [0.15, 0.2) is 12.2 Å². The molecule has 0 aromatic carbocycles. The van der Waals surface area contributed by atoms with Crippen molar-refractivity contribution in [2.45, 2.75) is 32.8 Å². The molecule has 1 saturated heterocycles. The van der Waals surface area contributed by atoms with Gasteiger partial charge in [0.15, 0.2) is 0 Å². The lowest BCUT2D eigenvalue weighted by atomic mass is 9.86. The molecule has 4 heteroatoms. The van der Waals surface area contributed by atoms with Crippen molar-refractivity contribution in [1.29, 1.82) is 0 Å². The maximum absolute atomic E-state index is 12.3. The van der Waals surface area contributed by atoms with Crippen molar-refractivity contribution in [2.75, 3.05) is 6.54 Å². The second kappa shape index (κ2) is 3.59.